The molecule has 1 aromatic heterocycles. The zero-order valence-electron chi connectivity index (χ0n) is 11.4. The maximum Gasteiger partial charge on any atom is 0.0661 e. The van der Waals surface area contributed by atoms with Gasteiger partial charge in [0.25, 0.3) is 0 Å². The molecule has 3 rings (SSSR count). The summed E-state index contributed by atoms with van der Waals surface area (Å²) < 4.78 is 2.26. The lowest BCUT2D eigenvalue weighted by atomic mass is 10.1. The summed E-state index contributed by atoms with van der Waals surface area (Å²) in [4.78, 5) is 2.71. The fourth-order valence-electron chi connectivity index (χ4n) is 3.37. The highest BCUT2D eigenvalue weighted by Crippen LogP contribution is 2.29. The van der Waals surface area contributed by atoms with Crippen molar-refractivity contribution in [3.8, 4) is 0 Å². The number of hydrogen-bond donors (Lipinski definition) is 0. The van der Waals surface area contributed by atoms with Crippen molar-refractivity contribution in [3.05, 3.63) is 17.5 Å². The third-order valence-corrected chi connectivity index (χ3v) is 5.34. The van der Waals surface area contributed by atoms with E-state index in [0.29, 0.717) is 6.04 Å². The van der Waals surface area contributed by atoms with Crippen LogP contribution in [0, 0.1) is 13.8 Å². The van der Waals surface area contributed by atoms with Crippen molar-refractivity contribution >= 4 is 11.8 Å². The van der Waals surface area contributed by atoms with Crippen molar-refractivity contribution in [1.82, 2.24) is 14.7 Å². The first-order valence-electron chi connectivity index (χ1n) is 7.08. The minimum Gasteiger partial charge on any atom is -0.298 e. The third kappa shape index (κ3) is 2.45. The zero-order valence-corrected chi connectivity index (χ0v) is 12.2. The monoisotopic (exact) mass is 265 g/mol. The van der Waals surface area contributed by atoms with E-state index in [2.05, 4.69) is 46.4 Å². The van der Waals surface area contributed by atoms with Gasteiger partial charge < -0.3 is 0 Å². The molecule has 3 nitrogen and oxygen atoms in total. The molecule has 100 valence electrons. The molecule has 0 spiro atoms. The van der Waals surface area contributed by atoms with E-state index in [4.69, 9.17) is 0 Å². The lowest BCUT2D eigenvalue weighted by Gasteiger charge is -2.30. The molecule has 1 atom stereocenters. The summed E-state index contributed by atoms with van der Waals surface area (Å²) in [6.07, 6.45) is 4.04. The first-order valence-corrected chi connectivity index (χ1v) is 8.24. The van der Waals surface area contributed by atoms with Crippen molar-refractivity contribution in [2.45, 2.75) is 45.2 Å². The van der Waals surface area contributed by atoms with Crippen LogP contribution in [0.25, 0.3) is 0 Å². The van der Waals surface area contributed by atoms with E-state index in [1.807, 2.05) is 0 Å². The second kappa shape index (κ2) is 5.25. The minimum atomic E-state index is 0.605. The average molecular weight is 265 g/mol. The quantitative estimate of drug-likeness (QED) is 0.820. The molecule has 1 aromatic rings. The molecule has 2 aliphatic heterocycles. The smallest absolute Gasteiger partial charge is 0.0661 e. The Labute approximate surface area is 114 Å². The molecule has 0 bridgehead atoms. The minimum absolute atomic E-state index is 0.605. The largest absolute Gasteiger partial charge is 0.298 e. The van der Waals surface area contributed by atoms with Crippen LogP contribution in [-0.2, 0) is 0 Å². The molecule has 0 aromatic carbocycles. The van der Waals surface area contributed by atoms with Crippen molar-refractivity contribution in [2.24, 2.45) is 0 Å². The topological polar surface area (TPSA) is 21.1 Å². The fourth-order valence-corrected chi connectivity index (χ4v) is 4.45. The van der Waals surface area contributed by atoms with E-state index >= 15 is 0 Å². The van der Waals surface area contributed by atoms with Crippen LogP contribution in [-0.4, -0.2) is 45.3 Å². The maximum atomic E-state index is 4.66. The van der Waals surface area contributed by atoms with Crippen LogP contribution in [0.1, 0.15) is 36.7 Å². The zero-order chi connectivity index (χ0) is 12.5. The molecule has 0 amide bonds. The van der Waals surface area contributed by atoms with E-state index < -0.39 is 0 Å². The van der Waals surface area contributed by atoms with Crippen molar-refractivity contribution in [2.75, 3.05) is 24.6 Å². The standard InChI is InChI=1S/C14H23N3S/c1-11-9-12(2)17(15-11)14-3-6-16(10-14)13-4-7-18-8-5-13/h9,13-14H,3-8,10H2,1-2H3/t14-/m1/s1. The van der Waals surface area contributed by atoms with E-state index in [0.717, 1.165) is 11.7 Å². The highest BCUT2D eigenvalue weighted by Gasteiger charge is 2.30. The summed E-state index contributed by atoms with van der Waals surface area (Å²) in [6, 6.07) is 3.64. The SMILES string of the molecule is Cc1cc(C)n([C@@H]2CCN(C3CCSCC3)C2)n1. The van der Waals surface area contributed by atoms with Gasteiger partial charge in [0.1, 0.15) is 0 Å². The number of aryl methyl sites for hydroxylation is 2. The maximum absolute atomic E-state index is 4.66. The molecule has 0 unspecified atom stereocenters. The van der Waals surface area contributed by atoms with Gasteiger partial charge in [-0.1, -0.05) is 0 Å². The molecular formula is C14H23N3S. The predicted octanol–water partition coefficient (Wildman–Crippen LogP) is 2.64. The molecular weight excluding hydrogens is 242 g/mol. The van der Waals surface area contributed by atoms with E-state index in [1.165, 1.54) is 49.6 Å². The summed E-state index contributed by atoms with van der Waals surface area (Å²) in [5.41, 5.74) is 2.47. The van der Waals surface area contributed by atoms with Crippen LogP contribution >= 0.6 is 11.8 Å². The van der Waals surface area contributed by atoms with Crippen molar-refractivity contribution in [1.29, 1.82) is 0 Å². The van der Waals surface area contributed by atoms with Crippen LogP contribution in [0.3, 0.4) is 0 Å². The Balaban J connectivity index is 1.65. The third-order valence-electron chi connectivity index (χ3n) is 4.29. The van der Waals surface area contributed by atoms with Gasteiger partial charge in [0.2, 0.25) is 0 Å². The Bertz CT molecular complexity index is 409. The van der Waals surface area contributed by atoms with Gasteiger partial charge in [-0.3, -0.25) is 9.58 Å². The van der Waals surface area contributed by atoms with Crippen LogP contribution in [0.4, 0.5) is 0 Å². The average Bonchev–Trinajstić information content (AvgIpc) is 2.97. The summed E-state index contributed by atoms with van der Waals surface area (Å²) in [5, 5.41) is 4.66. The number of likely N-dealkylation sites (tertiary alicyclic amines) is 1. The molecule has 3 heterocycles. The molecule has 2 fully saturated rings. The van der Waals surface area contributed by atoms with Crippen LogP contribution in [0.15, 0.2) is 6.07 Å². The van der Waals surface area contributed by atoms with Gasteiger partial charge in [-0.25, -0.2) is 0 Å². The Morgan fingerprint density at radius 2 is 1.94 bits per heavy atom. The first kappa shape index (κ1) is 12.5. The number of aromatic nitrogens is 2. The van der Waals surface area contributed by atoms with E-state index in [-0.39, 0.29) is 0 Å². The Kier molecular flexibility index (Phi) is 3.66. The summed E-state index contributed by atoms with van der Waals surface area (Å²) >= 11 is 2.12. The molecule has 2 saturated heterocycles. The van der Waals surface area contributed by atoms with Gasteiger partial charge in [-0.05, 0) is 50.7 Å². The normalized spacial score (nSPS) is 26.9. The number of nitrogens with zero attached hydrogens (tertiary/aromatic N) is 3. The lowest BCUT2D eigenvalue weighted by molar-refractivity contribution is 0.219. The molecule has 4 heteroatoms. The lowest BCUT2D eigenvalue weighted by Crippen LogP contribution is -2.36. The Morgan fingerprint density at radius 3 is 2.61 bits per heavy atom. The molecule has 18 heavy (non-hydrogen) atoms. The fraction of sp³-hybridized carbons (Fsp3) is 0.786. The molecule has 2 aliphatic rings. The molecule has 0 saturated carbocycles. The highest BCUT2D eigenvalue weighted by atomic mass is 32.2. The van der Waals surface area contributed by atoms with Crippen LogP contribution in [0.2, 0.25) is 0 Å². The van der Waals surface area contributed by atoms with Gasteiger partial charge in [0, 0.05) is 24.8 Å². The van der Waals surface area contributed by atoms with Gasteiger partial charge >= 0.3 is 0 Å². The summed E-state index contributed by atoms with van der Waals surface area (Å²) in [7, 11) is 0. The number of thioether (sulfide) groups is 1. The molecule has 0 N–H and O–H groups in total. The number of hydrogen-bond acceptors (Lipinski definition) is 3. The molecule has 0 radical (unpaired) electrons. The van der Waals surface area contributed by atoms with E-state index in [1.54, 1.807) is 0 Å². The van der Waals surface area contributed by atoms with Crippen molar-refractivity contribution in [3.63, 3.8) is 0 Å². The van der Waals surface area contributed by atoms with Crippen LogP contribution in [0.5, 0.6) is 0 Å². The highest BCUT2D eigenvalue weighted by molar-refractivity contribution is 7.99. The molecule has 0 aliphatic carbocycles. The van der Waals surface area contributed by atoms with Crippen molar-refractivity contribution < 1.29 is 0 Å². The number of rotatable bonds is 2. The van der Waals surface area contributed by atoms with Gasteiger partial charge in [-0.15, -0.1) is 0 Å². The van der Waals surface area contributed by atoms with Gasteiger partial charge in [0.05, 0.1) is 11.7 Å². The van der Waals surface area contributed by atoms with Crippen LogP contribution < -0.4 is 0 Å². The second-order valence-corrected chi connectivity index (χ2v) is 6.88. The van der Waals surface area contributed by atoms with Gasteiger partial charge in [-0.2, -0.15) is 16.9 Å². The Morgan fingerprint density at radius 1 is 1.17 bits per heavy atom. The summed E-state index contributed by atoms with van der Waals surface area (Å²) in [5.74, 6) is 2.71. The Hall–Kier alpha value is -0.480. The second-order valence-electron chi connectivity index (χ2n) is 5.65. The van der Waals surface area contributed by atoms with E-state index in [9.17, 15) is 0 Å². The first-order chi connectivity index (χ1) is 8.74. The summed E-state index contributed by atoms with van der Waals surface area (Å²) in [6.45, 7) is 6.74. The predicted molar refractivity (Wildman–Crippen MR) is 77.3 cm³/mol. The van der Waals surface area contributed by atoms with Gasteiger partial charge in [0.15, 0.2) is 0 Å².